The standard InChI is InChI=1S/C53H31N3O/c1-2-13-34-28-39(26-25-32(34)11-1)52-54-51(55-53(56-52)45-23-9-14-33-12-3-4-19-41(33)45)38-18-8-16-36(29-38)35-15-7-17-37(27-35)40-30-46-43-21-6-5-20-42(43)44-22-10-24-47-49(44)50(46)48(31-40)57-47/h1-31H. The molecule has 0 atom stereocenters. The topological polar surface area (TPSA) is 51.8 Å². The zero-order valence-electron chi connectivity index (χ0n) is 30.6. The fourth-order valence-electron chi connectivity index (χ4n) is 8.72. The van der Waals surface area contributed by atoms with E-state index in [9.17, 15) is 0 Å². The quantitative estimate of drug-likeness (QED) is 0.166. The van der Waals surface area contributed by atoms with Crippen LogP contribution in [-0.2, 0) is 0 Å². The van der Waals surface area contributed by atoms with E-state index in [0.29, 0.717) is 17.5 Å². The molecule has 0 saturated carbocycles. The van der Waals surface area contributed by atoms with Gasteiger partial charge in [-0.2, -0.15) is 0 Å². The maximum Gasteiger partial charge on any atom is 0.164 e. The number of hydrogen-bond acceptors (Lipinski definition) is 4. The Hall–Kier alpha value is -7.69. The number of aromatic nitrogens is 3. The molecule has 0 aliphatic heterocycles. The van der Waals surface area contributed by atoms with E-state index in [1.807, 2.05) is 0 Å². The van der Waals surface area contributed by atoms with E-state index < -0.39 is 0 Å². The van der Waals surface area contributed by atoms with Crippen LogP contribution in [-0.4, -0.2) is 15.0 Å². The monoisotopic (exact) mass is 725 g/mol. The van der Waals surface area contributed by atoms with E-state index in [4.69, 9.17) is 19.4 Å². The van der Waals surface area contributed by atoms with Gasteiger partial charge in [0, 0.05) is 27.5 Å². The van der Waals surface area contributed by atoms with E-state index in [1.54, 1.807) is 0 Å². The minimum atomic E-state index is 0.626. The molecule has 0 amide bonds. The molecule has 57 heavy (non-hydrogen) atoms. The van der Waals surface area contributed by atoms with Gasteiger partial charge in [0.25, 0.3) is 0 Å². The van der Waals surface area contributed by atoms with Gasteiger partial charge in [0.15, 0.2) is 17.5 Å². The number of furan rings is 1. The van der Waals surface area contributed by atoms with Crippen LogP contribution < -0.4 is 0 Å². The van der Waals surface area contributed by atoms with Crippen LogP contribution in [0, 0.1) is 0 Å². The Bertz CT molecular complexity index is 3540. The Kier molecular flexibility index (Phi) is 6.89. The van der Waals surface area contributed by atoms with Crippen LogP contribution in [0.4, 0.5) is 0 Å². The summed E-state index contributed by atoms with van der Waals surface area (Å²) < 4.78 is 6.54. The molecule has 0 fully saturated rings. The number of benzene rings is 10. The highest BCUT2D eigenvalue weighted by Gasteiger charge is 2.19. The summed E-state index contributed by atoms with van der Waals surface area (Å²) in [4.78, 5) is 15.4. The summed E-state index contributed by atoms with van der Waals surface area (Å²) in [6.07, 6.45) is 0. The molecule has 0 spiro atoms. The first-order valence-corrected chi connectivity index (χ1v) is 19.3. The highest BCUT2D eigenvalue weighted by Crippen LogP contribution is 2.44. The molecule has 12 aromatic rings. The fourth-order valence-corrected chi connectivity index (χ4v) is 8.72. The Morgan fingerprint density at radius 1 is 0.281 bits per heavy atom. The third kappa shape index (κ3) is 5.12. The van der Waals surface area contributed by atoms with Crippen molar-refractivity contribution in [2.45, 2.75) is 0 Å². The predicted octanol–water partition coefficient (Wildman–Crippen LogP) is 14.2. The van der Waals surface area contributed by atoms with E-state index in [2.05, 4.69) is 188 Å². The maximum atomic E-state index is 6.54. The summed E-state index contributed by atoms with van der Waals surface area (Å²) in [6.45, 7) is 0. The summed E-state index contributed by atoms with van der Waals surface area (Å²) in [5.74, 6) is 1.91. The first-order chi connectivity index (χ1) is 28.2. The molecule has 0 aliphatic carbocycles. The molecule has 4 heteroatoms. The van der Waals surface area contributed by atoms with E-state index in [1.165, 1.54) is 37.7 Å². The van der Waals surface area contributed by atoms with Gasteiger partial charge in [-0.1, -0.05) is 152 Å². The van der Waals surface area contributed by atoms with Gasteiger partial charge >= 0.3 is 0 Å². The van der Waals surface area contributed by atoms with E-state index >= 15 is 0 Å². The largest absolute Gasteiger partial charge is 0.456 e. The predicted molar refractivity (Wildman–Crippen MR) is 235 cm³/mol. The molecule has 0 N–H and O–H groups in total. The zero-order valence-corrected chi connectivity index (χ0v) is 30.6. The van der Waals surface area contributed by atoms with Crippen molar-refractivity contribution in [1.29, 1.82) is 0 Å². The molecule has 4 nitrogen and oxygen atoms in total. The van der Waals surface area contributed by atoms with Crippen molar-refractivity contribution in [3.8, 4) is 56.4 Å². The summed E-state index contributed by atoms with van der Waals surface area (Å²) in [5, 5.41) is 11.9. The number of nitrogens with zero attached hydrogens (tertiary/aromatic N) is 3. The third-order valence-corrected chi connectivity index (χ3v) is 11.4. The van der Waals surface area contributed by atoms with E-state index in [0.717, 1.165) is 66.3 Å². The molecule has 0 unspecified atom stereocenters. The molecule has 0 saturated heterocycles. The first-order valence-electron chi connectivity index (χ1n) is 19.3. The molecule has 0 bridgehead atoms. The van der Waals surface area contributed by atoms with Crippen molar-refractivity contribution >= 4 is 65.0 Å². The van der Waals surface area contributed by atoms with Crippen molar-refractivity contribution in [1.82, 2.24) is 15.0 Å². The van der Waals surface area contributed by atoms with Crippen molar-refractivity contribution in [2.75, 3.05) is 0 Å². The molecular weight excluding hydrogens is 695 g/mol. The van der Waals surface area contributed by atoms with Crippen LogP contribution in [0.1, 0.15) is 0 Å². The Morgan fingerprint density at radius 3 is 1.63 bits per heavy atom. The van der Waals surface area contributed by atoms with Crippen molar-refractivity contribution in [3.63, 3.8) is 0 Å². The second-order valence-electron chi connectivity index (χ2n) is 14.8. The smallest absolute Gasteiger partial charge is 0.164 e. The summed E-state index contributed by atoms with van der Waals surface area (Å²) in [5.41, 5.74) is 9.09. The highest BCUT2D eigenvalue weighted by molar-refractivity contribution is 6.33. The van der Waals surface area contributed by atoms with Gasteiger partial charge in [-0.3, -0.25) is 0 Å². The molecule has 2 heterocycles. The minimum absolute atomic E-state index is 0.626. The normalized spacial score (nSPS) is 11.9. The minimum Gasteiger partial charge on any atom is -0.456 e. The van der Waals surface area contributed by atoms with Crippen LogP contribution in [0.3, 0.4) is 0 Å². The Labute approximate surface area is 327 Å². The first kappa shape index (κ1) is 31.6. The summed E-state index contributed by atoms with van der Waals surface area (Å²) in [6, 6.07) is 66.3. The summed E-state index contributed by atoms with van der Waals surface area (Å²) in [7, 11) is 0. The number of hydrogen-bond donors (Lipinski definition) is 0. The van der Waals surface area contributed by atoms with Crippen molar-refractivity contribution < 1.29 is 4.42 Å². The second kappa shape index (κ2) is 12.4. The van der Waals surface area contributed by atoms with Crippen LogP contribution >= 0.6 is 0 Å². The molecular formula is C53H31N3O. The van der Waals surface area contributed by atoms with Crippen LogP contribution in [0.2, 0.25) is 0 Å². The molecule has 264 valence electrons. The van der Waals surface area contributed by atoms with Gasteiger partial charge in [-0.05, 0) is 102 Å². The average molecular weight is 726 g/mol. The maximum absolute atomic E-state index is 6.54. The van der Waals surface area contributed by atoms with Gasteiger partial charge in [-0.15, -0.1) is 0 Å². The van der Waals surface area contributed by atoms with Gasteiger partial charge in [0.2, 0.25) is 0 Å². The van der Waals surface area contributed by atoms with Crippen LogP contribution in [0.5, 0.6) is 0 Å². The fraction of sp³-hybridized carbons (Fsp3) is 0. The van der Waals surface area contributed by atoms with Crippen molar-refractivity contribution in [3.05, 3.63) is 188 Å². The lowest BCUT2D eigenvalue weighted by Crippen LogP contribution is -2.00. The zero-order chi connectivity index (χ0) is 37.5. The number of rotatable bonds is 5. The molecule has 12 rings (SSSR count). The highest BCUT2D eigenvalue weighted by atomic mass is 16.3. The lowest BCUT2D eigenvalue weighted by Gasteiger charge is -2.12. The van der Waals surface area contributed by atoms with Crippen molar-refractivity contribution in [2.24, 2.45) is 0 Å². The van der Waals surface area contributed by atoms with Gasteiger partial charge in [0.05, 0.1) is 0 Å². The molecule has 0 radical (unpaired) electrons. The SMILES string of the molecule is c1cc(-c2cccc(-c3nc(-c4ccc5ccccc5c4)nc(-c4cccc5ccccc45)n3)c2)cc(-c2cc3oc4cccc5c6ccccc6c(c2)c3c45)c1. The lowest BCUT2D eigenvalue weighted by atomic mass is 9.91. The molecule has 10 aromatic carbocycles. The third-order valence-electron chi connectivity index (χ3n) is 11.4. The summed E-state index contributed by atoms with van der Waals surface area (Å²) >= 11 is 0. The van der Waals surface area contributed by atoms with Gasteiger partial charge in [0.1, 0.15) is 11.2 Å². The van der Waals surface area contributed by atoms with Gasteiger partial charge < -0.3 is 4.42 Å². The molecule has 0 aliphatic rings. The van der Waals surface area contributed by atoms with Crippen LogP contribution in [0.25, 0.3) is 121 Å². The van der Waals surface area contributed by atoms with Gasteiger partial charge in [-0.25, -0.2) is 15.0 Å². The lowest BCUT2D eigenvalue weighted by molar-refractivity contribution is 0.669. The Balaban J connectivity index is 0.995. The molecule has 2 aromatic heterocycles. The number of fused-ring (bicyclic) bond motifs is 5. The van der Waals surface area contributed by atoms with E-state index in [-0.39, 0.29) is 0 Å². The average Bonchev–Trinajstić information content (AvgIpc) is 3.67. The van der Waals surface area contributed by atoms with Crippen LogP contribution in [0.15, 0.2) is 192 Å². The Morgan fingerprint density at radius 2 is 0.825 bits per heavy atom. The second-order valence-corrected chi connectivity index (χ2v) is 14.8.